The highest BCUT2D eigenvalue weighted by Gasteiger charge is 2.30. The van der Waals surface area contributed by atoms with E-state index in [2.05, 4.69) is 12.1 Å². The molecular weight excluding hydrogens is 338 g/mol. The molecule has 0 saturated carbocycles. The SMILES string of the molecule is COc1ccc(C2CCN(C(=O)C(C)Oc3ccc(Cl)cc3)C2)cc1. The Balaban J connectivity index is 1.58. The lowest BCUT2D eigenvalue weighted by Crippen LogP contribution is -2.39. The lowest BCUT2D eigenvalue weighted by atomic mass is 9.98. The lowest BCUT2D eigenvalue weighted by Gasteiger charge is -2.22. The molecule has 1 amide bonds. The van der Waals surface area contributed by atoms with Gasteiger partial charge in [-0.2, -0.15) is 0 Å². The minimum absolute atomic E-state index is 0.0194. The maximum atomic E-state index is 12.6. The summed E-state index contributed by atoms with van der Waals surface area (Å²) in [6.07, 6.45) is 0.446. The van der Waals surface area contributed by atoms with Gasteiger partial charge in [0, 0.05) is 24.0 Å². The van der Waals surface area contributed by atoms with Crippen molar-refractivity contribution >= 4 is 17.5 Å². The van der Waals surface area contributed by atoms with Crippen LogP contribution in [0.4, 0.5) is 0 Å². The highest BCUT2D eigenvalue weighted by atomic mass is 35.5. The molecule has 2 unspecified atom stereocenters. The number of methoxy groups -OCH3 is 1. The number of likely N-dealkylation sites (tertiary alicyclic amines) is 1. The number of carbonyl (C=O) groups is 1. The highest BCUT2D eigenvalue weighted by Crippen LogP contribution is 2.29. The molecule has 1 aliphatic heterocycles. The Kier molecular flexibility index (Phi) is 5.49. The van der Waals surface area contributed by atoms with Crippen LogP contribution in [0.1, 0.15) is 24.8 Å². The molecule has 1 aliphatic rings. The quantitative estimate of drug-likeness (QED) is 0.805. The molecule has 1 fully saturated rings. The van der Waals surface area contributed by atoms with Crippen LogP contribution in [0.2, 0.25) is 5.02 Å². The second-order valence-electron chi connectivity index (χ2n) is 6.26. The normalized spacial score (nSPS) is 18.0. The first kappa shape index (κ1) is 17.6. The van der Waals surface area contributed by atoms with Gasteiger partial charge in [0.15, 0.2) is 6.10 Å². The maximum absolute atomic E-state index is 12.6. The van der Waals surface area contributed by atoms with Crippen molar-refractivity contribution in [3.8, 4) is 11.5 Å². The van der Waals surface area contributed by atoms with Crippen LogP contribution in [-0.2, 0) is 4.79 Å². The van der Waals surface area contributed by atoms with Gasteiger partial charge in [-0.3, -0.25) is 4.79 Å². The minimum atomic E-state index is -0.518. The highest BCUT2D eigenvalue weighted by molar-refractivity contribution is 6.30. The van der Waals surface area contributed by atoms with Gasteiger partial charge in [0.05, 0.1) is 7.11 Å². The molecule has 0 aromatic heterocycles. The van der Waals surface area contributed by atoms with E-state index in [0.717, 1.165) is 25.3 Å². The van der Waals surface area contributed by atoms with Gasteiger partial charge < -0.3 is 14.4 Å². The fraction of sp³-hybridized carbons (Fsp3) is 0.350. The van der Waals surface area contributed by atoms with E-state index in [9.17, 15) is 4.79 Å². The van der Waals surface area contributed by atoms with Crippen LogP contribution < -0.4 is 9.47 Å². The fourth-order valence-corrected chi connectivity index (χ4v) is 3.26. The monoisotopic (exact) mass is 359 g/mol. The van der Waals surface area contributed by atoms with Crippen LogP contribution >= 0.6 is 11.6 Å². The van der Waals surface area contributed by atoms with E-state index in [0.29, 0.717) is 16.7 Å². The summed E-state index contributed by atoms with van der Waals surface area (Å²) in [6, 6.07) is 15.1. The number of rotatable bonds is 5. The van der Waals surface area contributed by atoms with Gasteiger partial charge in [0.25, 0.3) is 5.91 Å². The first-order valence-electron chi connectivity index (χ1n) is 8.42. The predicted octanol–water partition coefficient (Wildman–Crippen LogP) is 4.13. The Bertz CT molecular complexity index is 715. The molecule has 0 spiro atoms. The van der Waals surface area contributed by atoms with Crippen LogP contribution in [0.5, 0.6) is 11.5 Å². The third-order valence-corrected chi connectivity index (χ3v) is 4.81. The average Bonchev–Trinajstić information content (AvgIpc) is 3.13. The van der Waals surface area contributed by atoms with Crippen molar-refractivity contribution in [2.75, 3.05) is 20.2 Å². The predicted molar refractivity (Wildman–Crippen MR) is 98.5 cm³/mol. The molecule has 4 nitrogen and oxygen atoms in total. The van der Waals surface area contributed by atoms with Crippen molar-refractivity contribution in [1.82, 2.24) is 4.90 Å². The zero-order valence-electron chi connectivity index (χ0n) is 14.4. The molecule has 2 atom stereocenters. The summed E-state index contributed by atoms with van der Waals surface area (Å²) >= 11 is 5.87. The molecule has 25 heavy (non-hydrogen) atoms. The number of ether oxygens (including phenoxy) is 2. The molecule has 0 aliphatic carbocycles. The lowest BCUT2D eigenvalue weighted by molar-refractivity contribution is -0.136. The number of hydrogen-bond donors (Lipinski definition) is 0. The number of amides is 1. The van der Waals surface area contributed by atoms with E-state index in [-0.39, 0.29) is 5.91 Å². The van der Waals surface area contributed by atoms with Crippen LogP contribution in [0.3, 0.4) is 0 Å². The summed E-state index contributed by atoms with van der Waals surface area (Å²) < 4.78 is 10.9. The molecule has 0 radical (unpaired) electrons. The molecule has 0 N–H and O–H groups in total. The summed E-state index contributed by atoms with van der Waals surface area (Å²) in [6.45, 7) is 3.26. The Morgan fingerprint density at radius 1 is 1.12 bits per heavy atom. The first-order chi connectivity index (χ1) is 12.1. The Morgan fingerprint density at radius 3 is 2.40 bits per heavy atom. The van der Waals surface area contributed by atoms with Crippen molar-refractivity contribution in [2.45, 2.75) is 25.4 Å². The van der Waals surface area contributed by atoms with Gasteiger partial charge in [-0.15, -0.1) is 0 Å². The fourth-order valence-electron chi connectivity index (χ4n) is 3.13. The molecule has 5 heteroatoms. The zero-order chi connectivity index (χ0) is 17.8. The minimum Gasteiger partial charge on any atom is -0.497 e. The van der Waals surface area contributed by atoms with E-state index < -0.39 is 6.10 Å². The molecule has 132 valence electrons. The van der Waals surface area contributed by atoms with Gasteiger partial charge in [0.2, 0.25) is 0 Å². The molecule has 2 aromatic rings. The number of benzene rings is 2. The number of nitrogens with zero attached hydrogens (tertiary/aromatic N) is 1. The Hall–Kier alpha value is -2.20. The van der Waals surface area contributed by atoms with Crippen LogP contribution in [0, 0.1) is 0 Å². The van der Waals surface area contributed by atoms with Crippen molar-refractivity contribution in [3.63, 3.8) is 0 Å². The summed E-state index contributed by atoms with van der Waals surface area (Å²) in [7, 11) is 1.66. The number of hydrogen-bond acceptors (Lipinski definition) is 3. The third kappa shape index (κ3) is 4.26. The van der Waals surface area contributed by atoms with Crippen LogP contribution in [-0.4, -0.2) is 37.1 Å². The standard InChI is InChI=1S/C20H22ClNO3/c1-14(25-19-9-5-17(21)6-10-19)20(23)22-12-11-16(13-22)15-3-7-18(24-2)8-4-15/h3-10,14,16H,11-13H2,1-2H3. The van der Waals surface area contributed by atoms with Crippen LogP contribution in [0.15, 0.2) is 48.5 Å². The number of halogens is 1. The van der Waals surface area contributed by atoms with Crippen molar-refractivity contribution < 1.29 is 14.3 Å². The zero-order valence-corrected chi connectivity index (χ0v) is 15.2. The topological polar surface area (TPSA) is 38.8 Å². The van der Waals surface area contributed by atoms with Crippen molar-refractivity contribution in [3.05, 3.63) is 59.1 Å². The second-order valence-corrected chi connectivity index (χ2v) is 6.69. The molecule has 3 rings (SSSR count). The third-order valence-electron chi connectivity index (χ3n) is 4.56. The van der Waals surface area contributed by atoms with Crippen LogP contribution in [0.25, 0.3) is 0 Å². The summed E-state index contributed by atoms with van der Waals surface area (Å²) in [5, 5.41) is 0.646. The first-order valence-corrected chi connectivity index (χ1v) is 8.79. The second kappa shape index (κ2) is 7.79. The maximum Gasteiger partial charge on any atom is 0.263 e. The van der Waals surface area contributed by atoms with Gasteiger partial charge in [-0.05, 0) is 55.3 Å². The van der Waals surface area contributed by atoms with E-state index >= 15 is 0 Å². The summed E-state index contributed by atoms with van der Waals surface area (Å²) in [5.74, 6) is 1.87. The van der Waals surface area contributed by atoms with E-state index in [1.165, 1.54) is 5.56 Å². The smallest absolute Gasteiger partial charge is 0.263 e. The van der Waals surface area contributed by atoms with Gasteiger partial charge in [0.1, 0.15) is 11.5 Å². The Morgan fingerprint density at radius 2 is 1.76 bits per heavy atom. The summed E-state index contributed by atoms with van der Waals surface area (Å²) in [5.41, 5.74) is 1.24. The molecular formula is C20H22ClNO3. The van der Waals surface area contributed by atoms with Crippen molar-refractivity contribution in [2.24, 2.45) is 0 Å². The molecule has 0 bridgehead atoms. The van der Waals surface area contributed by atoms with E-state index in [1.54, 1.807) is 38.3 Å². The molecule has 2 aromatic carbocycles. The van der Waals surface area contributed by atoms with Gasteiger partial charge in [-0.1, -0.05) is 23.7 Å². The number of carbonyl (C=O) groups excluding carboxylic acids is 1. The van der Waals surface area contributed by atoms with E-state index in [4.69, 9.17) is 21.1 Å². The summed E-state index contributed by atoms with van der Waals surface area (Å²) in [4.78, 5) is 14.5. The van der Waals surface area contributed by atoms with Crippen molar-refractivity contribution in [1.29, 1.82) is 0 Å². The van der Waals surface area contributed by atoms with Gasteiger partial charge in [-0.25, -0.2) is 0 Å². The average molecular weight is 360 g/mol. The largest absolute Gasteiger partial charge is 0.497 e. The Labute approximate surface area is 153 Å². The van der Waals surface area contributed by atoms with E-state index in [1.807, 2.05) is 17.0 Å². The molecule has 1 saturated heterocycles. The van der Waals surface area contributed by atoms with Gasteiger partial charge >= 0.3 is 0 Å². The molecule has 1 heterocycles.